The van der Waals surface area contributed by atoms with Gasteiger partial charge in [0.1, 0.15) is 12.3 Å². The van der Waals surface area contributed by atoms with Crippen LogP contribution in [0.1, 0.15) is 12.6 Å². The molecule has 0 aliphatic rings. The van der Waals surface area contributed by atoms with Crippen LogP contribution in [0.15, 0.2) is 6.20 Å². The first-order chi connectivity index (χ1) is 9.22. The number of carboxylic acids is 1. The van der Waals surface area contributed by atoms with Crippen molar-refractivity contribution in [2.75, 3.05) is 33.0 Å². The van der Waals surface area contributed by atoms with Crippen LogP contribution in [0.3, 0.4) is 0 Å². The van der Waals surface area contributed by atoms with Crippen molar-refractivity contribution in [1.29, 1.82) is 0 Å². The van der Waals surface area contributed by atoms with Gasteiger partial charge in [0.05, 0.1) is 39.2 Å². The maximum absolute atomic E-state index is 10.1. The molecule has 8 nitrogen and oxygen atoms in total. The SMILES string of the molecule is CCn1cc(COCCOCCOCC(=O)O)nn1. The zero-order chi connectivity index (χ0) is 13.9. The minimum atomic E-state index is -0.983. The van der Waals surface area contributed by atoms with Gasteiger partial charge in [-0.3, -0.25) is 4.68 Å². The van der Waals surface area contributed by atoms with E-state index in [2.05, 4.69) is 10.3 Å². The summed E-state index contributed by atoms with van der Waals surface area (Å²) in [5, 5.41) is 16.1. The fourth-order valence-corrected chi connectivity index (χ4v) is 1.23. The minimum Gasteiger partial charge on any atom is -0.480 e. The molecule has 0 saturated carbocycles. The third-order valence-electron chi connectivity index (χ3n) is 2.13. The molecule has 0 unspecified atom stereocenters. The number of carbonyl (C=O) groups is 1. The van der Waals surface area contributed by atoms with Crippen molar-refractivity contribution in [2.45, 2.75) is 20.1 Å². The van der Waals surface area contributed by atoms with Crippen molar-refractivity contribution < 1.29 is 24.1 Å². The van der Waals surface area contributed by atoms with E-state index < -0.39 is 5.97 Å². The average Bonchev–Trinajstić information content (AvgIpc) is 2.84. The molecule has 19 heavy (non-hydrogen) atoms. The highest BCUT2D eigenvalue weighted by Gasteiger charge is 1.99. The number of rotatable bonds is 11. The van der Waals surface area contributed by atoms with Gasteiger partial charge >= 0.3 is 5.97 Å². The van der Waals surface area contributed by atoms with E-state index in [1.165, 1.54) is 0 Å². The Labute approximate surface area is 111 Å². The highest BCUT2D eigenvalue weighted by molar-refractivity contribution is 5.67. The Morgan fingerprint density at radius 1 is 1.26 bits per heavy atom. The number of hydrogen-bond acceptors (Lipinski definition) is 6. The lowest BCUT2D eigenvalue weighted by molar-refractivity contribution is -0.142. The molecule has 0 saturated heterocycles. The average molecular weight is 273 g/mol. The maximum atomic E-state index is 10.1. The second kappa shape index (κ2) is 9.42. The first kappa shape index (κ1) is 15.5. The number of hydrogen-bond donors (Lipinski definition) is 1. The fourth-order valence-electron chi connectivity index (χ4n) is 1.23. The maximum Gasteiger partial charge on any atom is 0.329 e. The van der Waals surface area contributed by atoms with E-state index in [0.717, 1.165) is 12.2 Å². The molecular formula is C11H19N3O5. The van der Waals surface area contributed by atoms with Crippen LogP contribution < -0.4 is 0 Å². The topological polar surface area (TPSA) is 95.7 Å². The highest BCUT2D eigenvalue weighted by Crippen LogP contribution is 1.95. The number of aliphatic carboxylic acids is 1. The van der Waals surface area contributed by atoms with Gasteiger partial charge in [-0.2, -0.15) is 0 Å². The third kappa shape index (κ3) is 7.50. The van der Waals surface area contributed by atoms with E-state index >= 15 is 0 Å². The van der Waals surface area contributed by atoms with E-state index in [9.17, 15) is 4.79 Å². The quantitative estimate of drug-likeness (QED) is 0.564. The molecule has 1 aromatic rings. The van der Waals surface area contributed by atoms with Crippen LogP contribution in [0.2, 0.25) is 0 Å². The molecule has 0 atom stereocenters. The first-order valence-corrected chi connectivity index (χ1v) is 6.06. The molecular weight excluding hydrogens is 254 g/mol. The number of ether oxygens (including phenoxy) is 3. The molecule has 1 N–H and O–H groups in total. The molecule has 0 aliphatic heterocycles. The van der Waals surface area contributed by atoms with Gasteiger partial charge in [0.25, 0.3) is 0 Å². The summed E-state index contributed by atoms with van der Waals surface area (Å²) in [7, 11) is 0. The van der Waals surface area contributed by atoms with Crippen molar-refractivity contribution in [2.24, 2.45) is 0 Å². The van der Waals surface area contributed by atoms with E-state index in [1.807, 2.05) is 13.1 Å². The third-order valence-corrected chi connectivity index (χ3v) is 2.13. The normalized spacial score (nSPS) is 10.8. The molecule has 108 valence electrons. The lowest BCUT2D eigenvalue weighted by Gasteiger charge is -2.04. The molecule has 0 spiro atoms. The van der Waals surface area contributed by atoms with Crippen molar-refractivity contribution in [3.8, 4) is 0 Å². The van der Waals surface area contributed by atoms with Gasteiger partial charge < -0.3 is 19.3 Å². The van der Waals surface area contributed by atoms with Gasteiger partial charge in [-0.25, -0.2) is 4.79 Å². The molecule has 1 aromatic heterocycles. The summed E-state index contributed by atoms with van der Waals surface area (Å²) >= 11 is 0. The number of aromatic nitrogens is 3. The molecule has 1 rings (SSSR count). The van der Waals surface area contributed by atoms with Crippen LogP contribution >= 0.6 is 0 Å². The Balaban J connectivity index is 1.89. The molecule has 0 fully saturated rings. The largest absolute Gasteiger partial charge is 0.480 e. The van der Waals surface area contributed by atoms with Gasteiger partial charge in [0, 0.05) is 6.54 Å². The second-order valence-corrected chi connectivity index (χ2v) is 3.68. The summed E-state index contributed by atoms with van der Waals surface area (Å²) < 4.78 is 17.1. The summed E-state index contributed by atoms with van der Waals surface area (Å²) in [5.74, 6) is -0.983. The highest BCUT2D eigenvalue weighted by atomic mass is 16.5. The van der Waals surface area contributed by atoms with Gasteiger partial charge in [0.2, 0.25) is 0 Å². The fraction of sp³-hybridized carbons (Fsp3) is 0.727. The lowest BCUT2D eigenvalue weighted by Crippen LogP contribution is -2.13. The van der Waals surface area contributed by atoms with Gasteiger partial charge in [-0.05, 0) is 6.92 Å². The van der Waals surface area contributed by atoms with Crippen molar-refractivity contribution in [3.05, 3.63) is 11.9 Å². The summed E-state index contributed by atoms with van der Waals surface area (Å²) in [6, 6.07) is 0. The zero-order valence-corrected chi connectivity index (χ0v) is 10.9. The monoisotopic (exact) mass is 273 g/mol. The summed E-state index contributed by atoms with van der Waals surface area (Å²) in [6.07, 6.45) is 1.83. The smallest absolute Gasteiger partial charge is 0.329 e. The van der Waals surface area contributed by atoms with Gasteiger partial charge in [0.15, 0.2) is 0 Å². The van der Waals surface area contributed by atoms with Crippen LogP contribution in [0.5, 0.6) is 0 Å². The molecule has 0 bridgehead atoms. The van der Waals surface area contributed by atoms with Crippen molar-refractivity contribution in [3.63, 3.8) is 0 Å². The van der Waals surface area contributed by atoms with Crippen LogP contribution in [0.25, 0.3) is 0 Å². The Morgan fingerprint density at radius 3 is 2.58 bits per heavy atom. The molecule has 0 aliphatic carbocycles. The van der Waals surface area contributed by atoms with E-state index in [4.69, 9.17) is 19.3 Å². The van der Waals surface area contributed by atoms with Crippen LogP contribution in [-0.4, -0.2) is 59.1 Å². The Morgan fingerprint density at radius 2 is 1.95 bits per heavy atom. The Hall–Kier alpha value is -1.51. The predicted octanol–water partition coefficient (Wildman–Crippen LogP) is -0.0676. The lowest BCUT2D eigenvalue weighted by atomic mass is 10.5. The van der Waals surface area contributed by atoms with Crippen LogP contribution in [0, 0.1) is 0 Å². The van der Waals surface area contributed by atoms with E-state index in [1.54, 1.807) is 4.68 Å². The number of aryl methyl sites for hydroxylation is 1. The molecule has 0 radical (unpaired) electrons. The van der Waals surface area contributed by atoms with Crippen LogP contribution in [-0.2, 0) is 32.2 Å². The zero-order valence-electron chi connectivity index (χ0n) is 10.9. The minimum absolute atomic E-state index is 0.261. The van der Waals surface area contributed by atoms with Gasteiger partial charge in [-0.15, -0.1) is 5.10 Å². The van der Waals surface area contributed by atoms with E-state index in [-0.39, 0.29) is 13.2 Å². The number of carboxylic acid groups (broad SMARTS) is 1. The molecule has 8 heteroatoms. The summed E-state index contributed by atoms with van der Waals surface area (Å²) in [5.41, 5.74) is 0.784. The summed E-state index contributed by atoms with van der Waals surface area (Å²) in [6.45, 7) is 4.36. The van der Waals surface area contributed by atoms with E-state index in [0.29, 0.717) is 26.4 Å². The van der Waals surface area contributed by atoms with Crippen molar-refractivity contribution >= 4 is 5.97 Å². The summed E-state index contributed by atoms with van der Waals surface area (Å²) in [4.78, 5) is 10.1. The Bertz CT molecular complexity index is 369. The first-order valence-electron chi connectivity index (χ1n) is 6.06. The van der Waals surface area contributed by atoms with Gasteiger partial charge in [-0.1, -0.05) is 5.21 Å². The Kier molecular flexibility index (Phi) is 7.71. The second-order valence-electron chi connectivity index (χ2n) is 3.68. The standard InChI is InChI=1S/C11H19N3O5/c1-2-14-7-10(12-13-14)8-18-5-3-17-4-6-19-9-11(15)16/h7H,2-6,8-9H2,1H3,(H,15,16). The predicted molar refractivity (Wildman–Crippen MR) is 64.6 cm³/mol. The molecule has 0 aromatic carbocycles. The van der Waals surface area contributed by atoms with Crippen molar-refractivity contribution in [1.82, 2.24) is 15.0 Å². The number of nitrogens with zero attached hydrogens (tertiary/aromatic N) is 3. The molecule has 1 heterocycles. The molecule has 0 amide bonds. The van der Waals surface area contributed by atoms with Crippen LogP contribution in [0.4, 0.5) is 0 Å².